The van der Waals surface area contributed by atoms with E-state index in [9.17, 15) is 0 Å². The summed E-state index contributed by atoms with van der Waals surface area (Å²) in [5.74, 6) is 0. The van der Waals surface area contributed by atoms with E-state index < -0.39 is 0 Å². The van der Waals surface area contributed by atoms with Gasteiger partial charge in [-0.05, 0) is 45.1 Å². The van der Waals surface area contributed by atoms with Gasteiger partial charge in [-0.25, -0.2) is 0 Å². The lowest BCUT2D eigenvalue weighted by atomic mass is 10.0. The van der Waals surface area contributed by atoms with Crippen molar-refractivity contribution in [1.29, 1.82) is 0 Å². The van der Waals surface area contributed by atoms with E-state index in [4.69, 9.17) is 0 Å². The monoisotopic (exact) mass is 298 g/mol. The first-order valence-electron chi connectivity index (χ1n) is 6.19. The largest absolute Gasteiger partial charge is 0.308 e. The number of rotatable bonds is 6. The number of hydrogen-bond donors (Lipinski definition) is 1. The predicted molar refractivity (Wildman–Crippen MR) is 78.3 cm³/mol. The van der Waals surface area contributed by atoms with Crippen LogP contribution in [0.1, 0.15) is 31.9 Å². The molecular weight excluding hydrogens is 276 g/mol. The molecule has 0 radical (unpaired) electrons. The summed E-state index contributed by atoms with van der Waals surface area (Å²) in [7, 11) is 4.22. The fraction of sp³-hybridized carbons (Fsp3) is 0.571. The Morgan fingerprint density at radius 2 is 1.82 bits per heavy atom. The highest BCUT2D eigenvalue weighted by molar-refractivity contribution is 9.10. The van der Waals surface area contributed by atoms with Crippen LogP contribution in [0, 0.1) is 0 Å². The molecule has 0 saturated carbocycles. The van der Waals surface area contributed by atoms with Crippen molar-refractivity contribution in [2.45, 2.75) is 32.4 Å². The zero-order valence-electron chi connectivity index (χ0n) is 11.2. The van der Waals surface area contributed by atoms with Crippen LogP contribution in [0.15, 0.2) is 28.7 Å². The number of halogens is 1. The van der Waals surface area contributed by atoms with Crippen LogP contribution in [-0.4, -0.2) is 31.6 Å². The summed E-state index contributed by atoms with van der Waals surface area (Å²) in [6, 6.07) is 9.53. The highest BCUT2D eigenvalue weighted by Crippen LogP contribution is 2.19. The van der Waals surface area contributed by atoms with Gasteiger partial charge in [-0.2, -0.15) is 0 Å². The van der Waals surface area contributed by atoms with Crippen LogP contribution in [-0.2, 0) is 0 Å². The molecule has 2 nitrogen and oxygen atoms in total. The standard InChI is InChI=1S/C14H23BrN2/c1-5-14(16-11(2)10-17(3)4)12-6-8-13(15)9-7-12/h6-9,11,14,16H,5,10H2,1-4H3. The SMILES string of the molecule is CCC(NC(C)CN(C)C)c1ccc(Br)cc1. The van der Waals surface area contributed by atoms with Gasteiger partial charge in [0.1, 0.15) is 0 Å². The Morgan fingerprint density at radius 3 is 2.29 bits per heavy atom. The van der Waals surface area contributed by atoms with Crippen LogP contribution in [0.3, 0.4) is 0 Å². The van der Waals surface area contributed by atoms with Gasteiger partial charge in [0.2, 0.25) is 0 Å². The molecule has 1 aromatic carbocycles. The van der Waals surface area contributed by atoms with Crippen molar-refractivity contribution in [2.75, 3.05) is 20.6 Å². The molecule has 0 fully saturated rings. The Labute approximate surface area is 114 Å². The van der Waals surface area contributed by atoms with Crippen LogP contribution in [0.2, 0.25) is 0 Å². The molecule has 2 atom stereocenters. The Bertz CT molecular complexity index is 321. The summed E-state index contributed by atoms with van der Waals surface area (Å²) < 4.78 is 1.14. The van der Waals surface area contributed by atoms with Gasteiger partial charge in [0, 0.05) is 23.1 Å². The summed E-state index contributed by atoms with van der Waals surface area (Å²) in [5, 5.41) is 3.68. The maximum atomic E-state index is 3.68. The molecular formula is C14H23BrN2. The first-order valence-corrected chi connectivity index (χ1v) is 6.98. The topological polar surface area (TPSA) is 15.3 Å². The number of likely N-dealkylation sites (N-methyl/N-ethyl adjacent to an activating group) is 1. The zero-order chi connectivity index (χ0) is 12.8. The summed E-state index contributed by atoms with van der Waals surface area (Å²) in [6.45, 7) is 5.52. The second-order valence-corrected chi connectivity index (χ2v) is 5.76. The molecule has 0 bridgehead atoms. The molecule has 0 aliphatic carbocycles. The minimum atomic E-state index is 0.443. The van der Waals surface area contributed by atoms with Gasteiger partial charge in [0.25, 0.3) is 0 Å². The third kappa shape index (κ3) is 5.19. The van der Waals surface area contributed by atoms with E-state index in [0.717, 1.165) is 17.4 Å². The van der Waals surface area contributed by atoms with E-state index in [2.05, 4.69) is 78.4 Å². The zero-order valence-corrected chi connectivity index (χ0v) is 12.8. The molecule has 0 aliphatic rings. The van der Waals surface area contributed by atoms with Crippen LogP contribution < -0.4 is 5.32 Å². The molecule has 0 saturated heterocycles. The Hall–Kier alpha value is -0.380. The van der Waals surface area contributed by atoms with E-state index in [1.165, 1.54) is 5.56 Å². The number of benzene rings is 1. The van der Waals surface area contributed by atoms with E-state index in [-0.39, 0.29) is 0 Å². The predicted octanol–water partition coefficient (Wildman–Crippen LogP) is 3.44. The van der Waals surface area contributed by atoms with Gasteiger partial charge in [-0.1, -0.05) is 35.0 Å². The smallest absolute Gasteiger partial charge is 0.0320 e. The number of hydrogen-bond acceptors (Lipinski definition) is 2. The molecule has 0 amide bonds. The van der Waals surface area contributed by atoms with Crippen LogP contribution in [0.25, 0.3) is 0 Å². The molecule has 0 aliphatic heterocycles. The highest BCUT2D eigenvalue weighted by Gasteiger charge is 2.12. The molecule has 0 spiro atoms. The Kier molecular flexibility index (Phi) is 6.17. The normalized spacial score (nSPS) is 14.9. The Morgan fingerprint density at radius 1 is 1.24 bits per heavy atom. The Balaban J connectivity index is 2.62. The fourth-order valence-electron chi connectivity index (χ4n) is 2.09. The van der Waals surface area contributed by atoms with E-state index in [0.29, 0.717) is 12.1 Å². The average molecular weight is 299 g/mol. The lowest BCUT2D eigenvalue weighted by Gasteiger charge is -2.25. The maximum absolute atomic E-state index is 3.68. The molecule has 1 aromatic rings. The lowest BCUT2D eigenvalue weighted by Crippen LogP contribution is -2.37. The van der Waals surface area contributed by atoms with Gasteiger partial charge in [0.05, 0.1) is 0 Å². The minimum Gasteiger partial charge on any atom is -0.308 e. The number of nitrogens with zero attached hydrogens (tertiary/aromatic N) is 1. The van der Waals surface area contributed by atoms with E-state index >= 15 is 0 Å². The third-order valence-corrected chi connectivity index (χ3v) is 3.33. The van der Waals surface area contributed by atoms with Crippen molar-refractivity contribution < 1.29 is 0 Å². The van der Waals surface area contributed by atoms with E-state index in [1.807, 2.05) is 0 Å². The van der Waals surface area contributed by atoms with Crippen molar-refractivity contribution in [1.82, 2.24) is 10.2 Å². The van der Waals surface area contributed by atoms with Gasteiger partial charge in [0.15, 0.2) is 0 Å². The van der Waals surface area contributed by atoms with Crippen molar-refractivity contribution >= 4 is 15.9 Å². The molecule has 1 N–H and O–H groups in total. The molecule has 17 heavy (non-hydrogen) atoms. The number of nitrogens with one attached hydrogen (secondary N) is 1. The quantitative estimate of drug-likeness (QED) is 0.865. The summed E-state index contributed by atoms with van der Waals surface area (Å²) in [5.41, 5.74) is 1.36. The lowest BCUT2D eigenvalue weighted by molar-refractivity contribution is 0.326. The van der Waals surface area contributed by atoms with Crippen LogP contribution in [0.4, 0.5) is 0 Å². The molecule has 0 aromatic heterocycles. The van der Waals surface area contributed by atoms with Crippen molar-refractivity contribution in [2.24, 2.45) is 0 Å². The van der Waals surface area contributed by atoms with Crippen molar-refractivity contribution in [3.05, 3.63) is 34.3 Å². The molecule has 3 heteroatoms. The molecule has 96 valence electrons. The van der Waals surface area contributed by atoms with E-state index in [1.54, 1.807) is 0 Å². The van der Waals surface area contributed by atoms with Gasteiger partial charge >= 0.3 is 0 Å². The second-order valence-electron chi connectivity index (χ2n) is 4.84. The second kappa shape index (κ2) is 7.14. The van der Waals surface area contributed by atoms with Gasteiger partial charge < -0.3 is 10.2 Å². The highest BCUT2D eigenvalue weighted by atomic mass is 79.9. The summed E-state index contributed by atoms with van der Waals surface area (Å²) >= 11 is 3.47. The first kappa shape index (κ1) is 14.7. The van der Waals surface area contributed by atoms with Gasteiger partial charge in [-0.3, -0.25) is 0 Å². The van der Waals surface area contributed by atoms with Crippen molar-refractivity contribution in [3.63, 3.8) is 0 Å². The maximum Gasteiger partial charge on any atom is 0.0320 e. The first-order chi connectivity index (χ1) is 8.02. The third-order valence-electron chi connectivity index (χ3n) is 2.81. The average Bonchev–Trinajstić information content (AvgIpc) is 2.26. The molecule has 2 unspecified atom stereocenters. The summed E-state index contributed by atoms with van der Waals surface area (Å²) in [6.07, 6.45) is 1.11. The molecule has 1 rings (SSSR count). The summed E-state index contributed by atoms with van der Waals surface area (Å²) in [4.78, 5) is 2.21. The van der Waals surface area contributed by atoms with Gasteiger partial charge in [-0.15, -0.1) is 0 Å². The fourth-order valence-corrected chi connectivity index (χ4v) is 2.35. The van der Waals surface area contributed by atoms with Crippen molar-refractivity contribution in [3.8, 4) is 0 Å². The van der Waals surface area contributed by atoms with Crippen LogP contribution in [0.5, 0.6) is 0 Å². The molecule has 0 heterocycles. The minimum absolute atomic E-state index is 0.443. The van der Waals surface area contributed by atoms with Crippen LogP contribution >= 0.6 is 15.9 Å².